The number of pyridine rings is 1. The lowest BCUT2D eigenvalue weighted by atomic mass is 9.68. The number of ether oxygens (including phenoxy) is 1. The molecule has 0 amide bonds. The lowest BCUT2D eigenvalue weighted by Crippen LogP contribution is -2.61. The molecule has 2 aromatic carbocycles. The second kappa shape index (κ2) is 8.60. The van der Waals surface area contributed by atoms with Gasteiger partial charge in [-0.3, -0.25) is 9.98 Å². The number of fused-ring (bicyclic) bond motifs is 1. The Morgan fingerprint density at radius 2 is 1.90 bits per heavy atom. The molecule has 3 heterocycles. The first-order valence-electron chi connectivity index (χ1n) is 13.3. The van der Waals surface area contributed by atoms with Crippen LogP contribution in [0.1, 0.15) is 52.9 Å². The van der Waals surface area contributed by atoms with Gasteiger partial charge in [0.1, 0.15) is 11.6 Å². The number of halogens is 1. The average Bonchev–Trinajstić information content (AvgIpc) is 3.41. The van der Waals surface area contributed by atoms with Crippen LogP contribution < -0.4 is 10.1 Å². The van der Waals surface area contributed by atoms with Gasteiger partial charge in [0.2, 0.25) is 0 Å². The third-order valence-corrected chi connectivity index (χ3v) is 8.58. The van der Waals surface area contributed by atoms with Gasteiger partial charge in [-0.1, -0.05) is 31.2 Å². The van der Waals surface area contributed by atoms with Crippen LogP contribution in [-0.2, 0) is 11.1 Å². The minimum absolute atomic E-state index is 0.362. The number of amidine groups is 1. The topological polar surface area (TPSA) is 93.8 Å². The van der Waals surface area contributed by atoms with Gasteiger partial charge < -0.3 is 20.1 Å². The molecule has 200 valence electrons. The van der Waals surface area contributed by atoms with E-state index in [0.29, 0.717) is 35.7 Å². The fraction of sp³-hybridized carbons (Fsp3) is 0.387. The summed E-state index contributed by atoms with van der Waals surface area (Å²) in [5.74, 6) is -0.0650. The molecule has 2 N–H and O–H groups in total. The normalized spacial score (nSPS) is 30.2. The Bertz CT molecular complexity index is 1550. The Balaban J connectivity index is 1.78. The van der Waals surface area contributed by atoms with Gasteiger partial charge in [0.25, 0.3) is 0 Å². The first kappa shape index (κ1) is 25.5. The van der Waals surface area contributed by atoms with Gasteiger partial charge in [-0.15, -0.1) is 0 Å². The first-order valence-corrected chi connectivity index (χ1v) is 13.3. The molecule has 1 aliphatic carbocycles. The summed E-state index contributed by atoms with van der Waals surface area (Å²) in [4.78, 5) is 12.1. The molecule has 3 aromatic rings. The van der Waals surface area contributed by atoms with Crippen LogP contribution in [0.2, 0.25) is 0 Å². The Morgan fingerprint density at radius 1 is 1.15 bits per heavy atom. The van der Waals surface area contributed by atoms with Crippen molar-refractivity contribution in [3.8, 4) is 11.8 Å². The van der Waals surface area contributed by atoms with Gasteiger partial charge in [-0.25, -0.2) is 4.39 Å². The second-order valence-electron chi connectivity index (χ2n) is 11.2. The van der Waals surface area contributed by atoms with Crippen molar-refractivity contribution in [1.29, 1.82) is 5.26 Å². The summed E-state index contributed by atoms with van der Waals surface area (Å²) < 4.78 is 22.0. The van der Waals surface area contributed by atoms with Crippen molar-refractivity contribution in [3.05, 3.63) is 94.1 Å². The third-order valence-electron chi connectivity index (χ3n) is 8.58. The van der Waals surface area contributed by atoms with Crippen LogP contribution in [0.5, 0.6) is 5.75 Å². The number of benzene rings is 2. The number of aliphatic imine (C=N–C) groups is 1. The number of rotatable bonds is 5. The SMILES string of the molecule is CCC1=N[C@]23c4c(cc(C)nc4C)O[C@@]2(c2ccc(C#N)cc2)[C@H](c2cccc(F)c2)[C@@H](CN(C)C)[C@]3(O)N1. The molecule has 39 heavy (non-hydrogen) atoms. The smallest absolute Gasteiger partial charge is 0.185 e. The third kappa shape index (κ3) is 3.20. The molecule has 1 saturated carbocycles. The van der Waals surface area contributed by atoms with Crippen LogP contribution in [0.4, 0.5) is 4.39 Å². The highest BCUT2D eigenvalue weighted by molar-refractivity contribution is 5.87. The van der Waals surface area contributed by atoms with Crippen molar-refractivity contribution in [2.45, 2.75) is 50.0 Å². The minimum atomic E-state index is -1.58. The summed E-state index contributed by atoms with van der Waals surface area (Å²) in [5, 5.41) is 26.0. The number of aryl methyl sites for hydroxylation is 2. The van der Waals surface area contributed by atoms with Gasteiger partial charge in [-0.05, 0) is 63.3 Å². The number of hydrogen-bond acceptors (Lipinski definition) is 7. The molecule has 3 aliphatic rings. The summed E-state index contributed by atoms with van der Waals surface area (Å²) in [7, 11) is 3.92. The van der Waals surface area contributed by atoms with Crippen molar-refractivity contribution in [3.63, 3.8) is 0 Å². The maximum absolute atomic E-state index is 14.9. The Kier molecular flexibility index (Phi) is 5.62. The van der Waals surface area contributed by atoms with Crippen molar-refractivity contribution in [1.82, 2.24) is 15.2 Å². The molecule has 5 atom stereocenters. The van der Waals surface area contributed by atoms with Crippen molar-refractivity contribution >= 4 is 5.84 Å². The fourth-order valence-electron chi connectivity index (χ4n) is 7.36. The summed E-state index contributed by atoms with van der Waals surface area (Å²) in [6.45, 7) is 6.32. The molecule has 6 rings (SSSR count). The van der Waals surface area contributed by atoms with E-state index < -0.39 is 28.7 Å². The van der Waals surface area contributed by atoms with E-state index >= 15 is 0 Å². The molecular weight excluding hydrogens is 493 g/mol. The quantitative estimate of drug-likeness (QED) is 0.517. The van der Waals surface area contributed by atoms with Gasteiger partial charge in [0.05, 0.1) is 23.0 Å². The van der Waals surface area contributed by atoms with E-state index in [1.807, 2.05) is 64.0 Å². The molecule has 0 radical (unpaired) electrons. The van der Waals surface area contributed by atoms with Crippen molar-refractivity contribution in [2.75, 3.05) is 20.6 Å². The van der Waals surface area contributed by atoms with Gasteiger partial charge >= 0.3 is 0 Å². The molecule has 0 bridgehead atoms. The number of nitriles is 1. The fourth-order valence-corrected chi connectivity index (χ4v) is 7.36. The Morgan fingerprint density at radius 3 is 2.54 bits per heavy atom. The summed E-state index contributed by atoms with van der Waals surface area (Å²) >= 11 is 0. The predicted molar refractivity (Wildman–Crippen MR) is 146 cm³/mol. The van der Waals surface area contributed by atoms with Crippen LogP contribution in [0.25, 0.3) is 0 Å². The molecular formula is C31H32FN5O2. The monoisotopic (exact) mass is 525 g/mol. The lowest BCUT2D eigenvalue weighted by molar-refractivity contribution is -0.0858. The van der Waals surface area contributed by atoms with Crippen LogP contribution in [-0.4, -0.2) is 47.2 Å². The van der Waals surface area contributed by atoms with Crippen molar-refractivity contribution in [2.24, 2.45) is 10.9 Å². The van der Waals surface area contributed by atoms with E-state index in [2.05, 4.69) is 11.4 Å². The average molecular weight is 526 g/mol. The molecule has 8 heteroatoms. The van der Waals surface area contributed by atoms with Crippen LogP contribution in [0, 0.1) is 36.9 Å². The largest absolute Gasteiger partial charge is 0.478 e. The zero-order valence-corrected chi connectivity index (χ0v) is 22.8. The van der Waals surface area contributed by atoms with E-state index in [-0.39, 0.29) is 5.82 Å². The standard InChI is InChI=1S/C31H32FN5O2/c1-6-26-35-30-27-19(3)34-18(2)14-25(27)39-29(30,22-12-10-20(16-33)11-13-22)28(21-8-7-9-23(32)15-21)24(17-37(4)5)31(30,38)36-26/h7-15,24,28,38H,6,17H2,1-5H3,(H,35,36)/t24-,28-,29+,30-,31-/m1/s1. The molecule has 1 aromatic heterocycles. The molecule has 1 spiro atoms. The summed E-state index contributed by atoms with van der Waals surface area (Å²) in [6, 6.07) is 17.9. The Hall–Kier alpha value is -3.80. The van der Waals surface area contributed by atoms with E-state index in [1.165, 1.54) is 12.1 Å². The summed E-state index contributed by atoms with van der Waals surface area (Å²) in [6.07, 6.45) is 0.584. The number of nitrogens with zero attached hydrogens (tertiary/aromatic N) is 4. The minimum Gasteiger partial charge on any atom is -0.478 e. The van der Waals surface area contributed by atoms with E-state index in [0.717, 1.165) is 22.5 Å². The second-order valence-corrected chi connectivity index (χ2v) is 11.2. The van der Waals surface area contributed by atoms with E-state index in [4.69, 9.17) is 14.7 Å². The van der Waals surface area contributed by atoms with Gasteiger partial charge in [0.15, 0.2) is 16.9 Å². The van der Waals surface area contributed by atoms with Gasteiger partial charge in [0, 0.05) is 42.3 Å². The summed E-state index contributed by atoms with van der Waals surface area (Å²) in [5.41, 5.74) is 0.0539. The van der Waals surface area contributed by atoms with Crippen LogP contribution >= 0.6 is 0 Å². The number of aromatic nitrogens is 1. The highest BCUT2D eigenvalue weighted by Gasteiger charge is 2.85. The van der Waals surface area contributed by atoms with E-state index in [1.54, 1.807) is 18.2 Å². The first-order chi connectivity index (χ1) is 18.6. The Labute approximate surface area is 228 Å². The van der Waals surface area contributed by atoms with Crippen LogP contribution in [0.15, 0.2) is 59.6 Å². The predicted octanol–water partition coefficient (Wildman–Crippen LogP) is 4.27. The molecule has 0 saturated heterocycles. The number of hydrogen-bond donors (Lipinski definition) is 2. The highest BCUT2D eigenvalue weighted by atomic mass is 19.1. The maximum atomic E-state index is 14.9. The maximum Gasteiger partial charge on any atom is 0.185 e. The lowest BCUT2D eigenvalue weighted by Gasteiger charge is -2.42. The van der Waals surface area contributed by atoms with Crippen LogP contribution in [0.3, 0.4) is 0 Å². The molecule has 1 fully saturated rings. The van der Waals surface area contributed by atoms with Gasteiger partial charge in [-0.2, -0.15) is 5.26 Å². The molecule has 2 aliphatic heterocycles. The zero-order chi connectivity index (χ0) is 27.7. The zero-order valence-electron chi connectivity index (χ0n) is 22.8. The molecule has 7 nitrogen and oxygen atoms in total. The number of aliphatic hydroxyl groups is 1. The highest BCUT2D eigenvalue weighted by Crippen LogP contribution is 2.74. The molecule has 0 unspecified atom stereocenters. The number of nitrogens with one attached hydrogen (secondary N) is 1. The van der Waals surface area contributed by atoms with Crippen molar-refractivity contribution < 1.29 is 14.2 Å². The van der Waals surface area contributed by atoms with E-state index in [9.17, 15) is 14.8 Å².